The highest BCUT2D eigenvalue weighted by Crippen LogP contribution is 2.27. The first-order chi connectivity index (χ1) is 9.20. The number of aryl methyl sites for hydroxylation is 1. The maximum atomic E-state index is 11.9. The number of aromatic nitrogens is 3. The summed E-state index contributed by atoms with van der Waals surface area (Å²) in [5, 5.41) is 7.53. The van der Waals surface area contributed by atoms with Crippen molar-refractivity contribution in [2.24, 2.45) is 7.05 Å². The second-order valence-corrected chi connectivity index (χ2v) is 5.52. The largest absolute Gasteiger partial charge is 0.375 e. The van der Waals surface area contributed by atoms with Gasteiger partial charge in [-0.25, -0.2) is 4.98 Å². The van der Waals surface area contributed by atoms with Crippen LogP contribution in [-0.2, 0) is 36.0 Å². The number of ether oxygens (including phenoxy) is 1. The summed E-state index contributed by atoms with van der Waals surface area (Å²) < 4.78 is 7.04. The van der Waals surface area contributed by atoms with Crippen LogP contribution in [0.5, 0.6) is 0 Å². The molecule has 3 rings (SSSR count). The molecule has 0 radical (unpaired) electrons. The number of nitrogens with one attached hydrogen (secondary N) is 1. The minimum absolute atomic E-state index is 0.0694. The first kappa shape index (κ1) is 12.3. The monoisotopic (exact) mass is 278 g/mol. The highest BCUT2D eigenvalue weighted by Gasteiger charge is 2.16. The number of nitrogens with zero attached hydrogens (tertiary/aromatic N) is 3. The van der Waals surface area contributed by atoms with Gasteiger partial charge in [-0.05, 0) is 5.56 Å². The van der Waals surface area contributed by atoms with Crippen molar-refractivity contribution in [2.45, 2.75) is 19.4 Å². The SMILES string of the molecule is Cn1cc(CC(=O)Nc2nc3c(s2)COCC3)cn1. The molecule has 0 aromatic carbocycles. The van der Waals surface area contributed by atoms with Crippen molar-refractivity contribution in [1.29, 1.82) is 0 Å². The van der Waals surface area contributed by atoms with E-state index in [2.05, 4.69) is 15.4 Å². The third-order valence-corrected chi connectivity index (χ3v) is 3.85. The van der Waals surface area contributed by atoms with Crippen LogP contribution >= 0.6 is 11.3 Å². The predicted octanol–water partition coefficient (Wildman–Crippen LogP) is 1.13. The van der Waals surface area contributed by atoms with E-state index in [0.29, 0.717) is 24.8 Å². The van der Waals surface area contributed by atoms with Gasteiger partial charge in [-0.1, -0.05) is 11.3 Å². The lowest BCUT2D eigenvalue weighted by Gasteiger charge is -2.08. The van der Waals surface area contributed by atoms with Gasteiger partial charge < -0.3 is 10.1 Å². The molecule has 0 bridgehead atoms. The number of carbonyl (C=O) groups excluding carboxylic acids is 1. The molecule has 0 aliphatic carbocycles. The van der Waals surface area contributed by atoms with E-state index in [9.17, 15) is 4.79 Å². The van der Waals surface area contributed by atoms with Gasteiger partial charge >= 0.3 is 0 Å². The number of anilines is 1. The van der Waals surface area contributed by atoms with E-state index in [0.717, 1.165) is 22.6 Å². The van der Waals surface area contributed by atoms with Crippen LogP contribution < -0.4 is 5.32 Å². The molecule has 6 nitrogen and oxygen atoms in total. The van der Waals surface area contributed by atoms with E-state index in [-0.39, 0.29) is 5.91 Å². The van der Waals surface area contributed by atoms with Crippen LogP contribution in [0.2, 0.25) is 0 Å². The zero-order chi connectivity index (χ0) is 13.2. The van der Waals surface area contributed by atoms with Crippen molar-refractivity contribution in [2.75, 3.05) is 11.9 Å². The molecule has 3 heterocycles. The van der Waals surface area contributed by atoms with E-state index < -0.39 is 0 Å². The molecular weight excluding hydrogens is 264 g/mol. The van der Waals surface area contributed by atoms with Gasteiger partial charge in [0.05, 0.1) is 36.4 Å². The Balaban J connectivity index is 1.64. The Hall–Kier alpha value is -1.73. The molecule has 2 aromatic heterocycles. The van der Waals surface area contributed by atoms with E-state index in [4.69, 9.17) is 4.74 Å². The van der Waals surface area contributed by atoms with Gasteiger partial charge in [-0.2, -0.15) is 5.10 Å². The number of amides is 1. The van der Waals surface area contributed by atoms with Crippen molar-refractivity contribution in [1.82, 2.24) is 14.8 Å². The average Bonchev–Trinajstić information content (AvgIpc) is 2.94. The Morgan fingerprint density at radius 1 is 1.63 bits per heavy atom. The molecule has 1 aliphatic heterocycles. The summed E-state index contributed by atoms with van der Waals surface area (Å²) in [6.07, 6.45) is 4.67. The van der Waals surface area contributed by atoms with Gasteiger partial charge in [0.1, 0.15) is 0 Å². The van der Waals surface area contributed by atoms with Crippen molar-refractivity contribution in [3.63, 3.8) is 0 Å². The average molecular weight is 278 g/mol. The molecule has 100 valence electrons. The predicted molar refractivity (Wildman–Crippen MR) is 71.0 cm³/mol. The number of carbonyl (C=O) groups is 1. The first-order valence-corrected chi connectivity index (χ1v) is 6.86. The Morgan fingerprint density at radius 2 is 2.53 bits per heavy atom. The zero-order valence-corrected chi connectivity index (χ0v) is 11.4. The molecule has 1 aliphatic rings. The minimum atomic E-state index is -0.0694. The zero-order valence-electron chi connectivity index (χ0n) is 10.5. The Kier molecular flexibility index (Phi) is 3.31. The maximum absolute atomic E-state index is 11.9. The van der Waals surface area contributed by atoms with E-state index in [1.807, 2.05) is 13.2 Å². The van der Waals surface area contributed by atoms with E-state index >= 15 is 0 Å². The van der Waals surface area contributed by atoms with Crippen LogP contribution in [0.15, 0.2) is 12.4 Å². The minimum Gasteiger partial charge on any atom is -0.375 e. The Morgan fingerprint density at radius 3 is 3.26 bits per heavy atom. The van der Waals surface area contributed by atoms with Crippen LogP contribution in [-0.4, -0.2) is 27.3 Å². The molecule has 0 fully saturated rings. The fraction of sp³-hybridized carbons (Fsp3) is 0.417. The standard InChI is InChI=1S/C12H14N4O2S/c1-16-6-8(5-13-16)4-11(17)15-12-14-9-2-3-18-7-10(9)19-12/h5-6H,2-4,7H2,1H3,(H,14,15,17). The van der Waals surface area contributed by atoms with Gasteiger partial charge in [0.25, 0.3) is 0 Å². The van der Waals surface area contributed by atoms with Crippen LogP contribution in [0.1, 0.15) is 16.1 Å². The second-order valence-electron chi connectivity index (χ2n) is 4.44. The normalized spacial score (nSPS) is 14.2. The fourth-order valence-electron chi connectivity index (χ4n) is 1.99. The van der Waals surface area contributed by atoms with Gasteiger partial charge in [-0.15, -0.1) is 0 Å². The molecule has 19 heavy (non-hydrogen) atoms. The number of thiazole rings is 1. The van der Waals surface area contributed by atoms with Crippen molar-refractivity contribution in [3.05, 3.63) is 28.5 Å². The lowest BCUT2D eigenvalue weighted by molar-refractivity contribution is -0.115. The van der Waals surface area contributed by atoms with Gasteiger partial charge in [0.15, 0.2) is 5.13 Å². The number of rotatable bonds is 3. The lowest BCUT2D eigenvalue weighted by atomic mass is 10.2. The molecule has 0 saturated carbocycles. The lowest BCUT2D eigenvalue weighted by Crippen LogP contribution is -2.14. The van der Waals surface area contributed by atoms with E-state index in [1.54, 1.807) is 10.9 Å². The summed E-state index contributed by atoms with van der Waals surface area (Å²) in [6.45, 7) is 1.31. The molecule has 0 atom stereocenters. The van der Waals surface area contributed by atoms with Crippen LogP contribution in [0.4, 0.5) is 5.13 Å². The molecule has 2 aromatic rings. The quantitative estimate of drug-likeness (QED) is 0.914. The van der Waals surface area contributed by atoms with E-state index in [1.165, 1.54) is 11.3 Å². The van der Waals surface area contributed by atoms with Crippen LogP contribution in [0.3, 0.4) is 0 Å². The molecular formula is C12H14N4O2S. The molecule has 1 amide bonds. The summed E-state index contributed by atoms with van der Waals surface area (Å²) in [5.74, 6) is -0.0694. The summed E-state index contributed by atoms with van der Waals surface area (Å²) >= 11 is 1.49. The van der Waals surface area contributed by atoms with Crippen molar-refractivity contribution >= 4 is 22.4 Å². The Bertz CT molecular complexity index is 581. The fourth-order valence-corrected chi connectivity index (χ4v) is 2.95. The first-order valence-electron chi connectivity index (χ1n) is 6.04. The van der Waals surface area contributed by atoms with Crippen molar-refractivity contribution < 1.29 is 9.53 Å². The third-order valence-electron chi connectivity index (χ3n) is 2.86. The highest BCUT2D eigenvalue weighted by molar-refractivity contribution is 7.15. The van der Waals surface area contributed by atoms with Crippen LogP contribution in [0, 0.1) is 0 Å². The van der Waals surface area contributed by atoms with Gasteiger partial charge in [-0.3, -0.25) is 9.48 Å². The number of hydrogen-bond donors (Lipinski definition) is 1. The summed E-state index contributed by atoms with van der Waals surface area (Å²) in [4.78, 5) is 17.4. The molecule has 7 heteroatoms. The van der Waals surface area contributed by atoms with Crippen molar-refractivity contribution in [3.8, 4) is 0 Å². The van der Waals surface area contributed by atoms with Gasteiger partial charge in [0.2, 0.25) is 5.91 Å². The molecule has 0 unspecified atom stereocenters. The second kappa shape index (κ2) is 5.10. The number of fused-ring (bicyclic) bond motifs is 1. The van der Waals surface area contributed by atoms with Gasteiger partial charge in [0, 0.05) is 19.7 Å². The topological polar surface area (TPSA) is 69.0 Å². The number of hydrogen-bond acceptors (Lipinski definition) is 5. The highest BCUT2D eigenvalue weighted by atomic mass is 32.1. The summed E-state index contributed by atoms with van der Waals surface area (Å²) in [6, 6.07) is 0. The maximum Gasteiger partial charge on any atom is 0.230 e. The third kappa shape index (κ3) is 2.82. The summed E-state index contributed by atoms with van der Waals surface area (Å²) in [7, 11) is 1.83. The molecule has 0 saturated heterocycles. The van der Waals surface area contributed by atoms with Crippen LogP contribution in [0.25, 0.3) is 0 Å². The molecule has 1 N–H and O–H groups in total. The summed E-state index contributed by atoms with van der Waals surface area (Å²) in [5.41, 5.74) is 1.94. The molecule has 0 spiro atoms. The smallest absolute Gasteiger partial charge is 0.230 e. The Labute approximate surface area is 114 Å².